The molecule has 0 aromatic carbocycles. The van der Waals surface area contributed by atoms with E-state index in [1.54, 1.807) is 0 Å². The van der Waals surface area contributed by atoms with E-state index in [0.29, 0.717) is 12.6 Å². The molecule has 1 atom stereocenters. The molecular formula is C14H24N2O2. The molecule has 0 spiro atoms. The third-order valence-electron chi connectivity index (χ3n) is 4.43. The maximum Gasteiger partial charge on any atom is 0.317 e. The molecule has 0 aromatic rings. The van der Waals surface area contributed by atoms with Crippen LogP contribution >= 0.6 is 0 Å². The van der Waals surface area contributed by atoms with E-state index in [2.05, 4.69) is 12.2 Å². The number of nitrogens with zero attached hydrogens (tertiary/aromatic N) is 1. The predicted molar refractivity (Wildman–Crippen MR) is 69.4 cm³/mol. The Kier molecular flexibility index (Phi) is 3.46. The van der Waals surface area contributed by atoms with Crippen molar-refractivity contribution in [1.29, 1.82) is 0 Å². The van der Waals surface area contributed by atoms with E-state index in [1.165, 1.54) is 25.7 Å². The van der Waals surface area contributed by atoms with Crippen LogP contribution in [-0.2, 0) is 4.74 Å². The second-order valence-corrected chi connectivity index (χ2v) is 6.00. The molecule has 0 aromatic heterocycles. The maximum absolute atomic E-state index is 12.3. The van der Waals surface area contributed by atoms with Crippen LogP contribution in [0.2, 0.25) is 0 Å². The minimum Gasteiger partial charge on any atom is -0.375 e. The van der Waals surface area contributed by atoms with Crippen molar-refractivity contribution < 1.29 is 9.53 Å². The number of carbonyl (C=O) groups is 1. The molecule has 4 heteroatoms. The van der Waals surface area contributed by atoms with E-state index in [-0.39, 0.29) is 12.1 Å². The molecule has 1 N–H and O–H groups in total. The summed E-state index contributed by atoms with van der Waals surface area (Å²) in [5.41, 5.74) is 0. The number of amides is 2. The second kappa shape index (κ2) is 5.08. The summed E-state index contributed by atoms with van der Waals surface area (Å²) in [5.74, 6) is 1.54. The summed E-state index contributed by atoms with van der Waals surface area (Å²) < 4.78 is 5.61. The van der Waals surface area contributed by atoms with Crippen molar-refractivity contribution in [3.63, 3.8) is 0 Å². The first-order chi connectivity index (χ1) is 8.78. The van der Waals surface area contributed by atoms with Crippen LogP contribution in [0.3, 0.4) is 0 Å². The Morgan fingerprint density at radius 3 is 2.56 bits per heavy atom. The Bertz CT molecular complexity index is 301. The van der Waals surface area contributed by atoms with Crippen molar-refractivity contribution in [1.82, 2.24) is 10.2 Å². The summed E-state index contributed by atoms with van der Waals surface area (Å²) in [6, 6.07) is 0.598. The number of hydrogen-bond acceptors (Lipinski definition) is 2. The van der Waals surface area contributed by atoms with E-state index in [1.807, 2.05) is 4.90 Å². The molecule has 3 aliphatic rings. The van der Waals surface area contributed by atoms with Crippen molar-refractivity contribution in [2.45, 2.75) is 51.2 Å². The topological polar surface area (TPSA) is 41.6 Å². The average Bonchev–Trinajstić information content (AvgIpc) is 3.29. The first-order valence-corrected chi connectivity index (χ1v) is 7.45. The monoisotopic (exact) mass is 252 g/mol. The van der Waals surface area contributed by atoms with E-state index in [4.69, 9.17) is 4.74 Å². The van der Waals surface area contributed by atoms with Gasteiger partial charge in [0, 0.05) is 19.1 Å². The van der Waals surface area contributed by atoms with E-state index in [9.17, 15) is 4.79 Å². The van der Waals surface area contributed by atoms with Crippen LogP contribution in [0.25, 0.3) is 0 Å². The number of carbonyl (C=O) groups excluding carboxylic acids is 1. The molecule has 1 saturated heterocycles. The minimum absolute atomic E-state index is 0.139. The summed E-state index contributed by atoms with van der Waals surface area (Å²) in [5, 5.41) is 3.29. The van der Waals surface area contributed by atoms with Gasteiger partial charge in [-0.1, -0.05) is 6.92 Å². The van der Waals surface area contributed by atoms with E-state index < -0.39 is 0 Å². The number of nitrogens with one attached hydrogen (secondary N) is 1. The van der Waals surface area contributed by atoms with Crippen molar-refractivity contribution >= 4 is 6.03 Å². The summed E-state index contributed by atoms with van der Waals surface area (Å²) in [7, 11) is 0. The zero-order valence-corrected chi connectivity index (χ0v) is 11.2. The lowest BCUT2D eigenvalue weighted by Crippen LogP contribution is -2.52. The van der Waals surface area contributed by atoms with Crippen LogP contribution in [-0.4, -0.2) is 42.8 Å². The normalized spacial score (nSPS) is 28.6. The molecule has 0 bridgehead atoms. The Morgan fingerprint density at radius 2 is 2.00 bits per heavy atom. The predicted octanol–water partition coefficient (Wildman–Crippen LogP) is 2.00. The van der Waals surface area contributed by atoms with Crippen LogP contribution in [0.15, 0.2) is 0 Å². The number of ether oxygens (including phenoxy) is 1. The number of morpholine rings is 1. The molecule has 0 radical (unpaired) electrons. The fourth-order valence-electron chi connectivity index (χ4n) is 2.92. The van der Waals surface area contributed by atoms with Gasteiger partial charge in [0.05, 0.1) is 12.7 Å². The van der Waals surface area contributed by atoms with Crippen LogP contribution < -0.4 is 5.32 Å². The second-order valence-electron chi connectivity index (χ2n) is 6.00. The SMILES string of the molecule is CCC1CN(C(=O)NC(C2CC2)C2CC2)CCO1. The van der Waals surface area contributed by atoms with Crippen LogP contribution in [0.1, 0.15) is 39.0 Å². The molecule has 2 amide bonds. The zero-order chi connectivity index (χ0) is 12.5. The average molecular weight is 252 g/mol. The van der Waals surface area contributed by atoms with Gasteiger partial charge in [0.2, 0.25) is 0 Å². The smallest absolute Gasteiger partial charge is 0.317 e. The fourth-order valence-corrected chi connectivity index (χ4v) is 2.92. The highest BCUT2D eigenvalue weighted by Gasteiger charge is 2.42. The van der Waals surface area contributed by atoms with Crippen molar-refractivity contribution in [3.05, 3.63) is 0 Å². The molecule has 102 valence electrons. The van der Waals surface area contributed by atoms with Crippen LogP contribution in [0.4, 0.5) is 4.79 Å². The van der Waals surface area contributed by atoms with Crippen LogP contribution in [0, 0.1) is 11.8 Å². The Labute approximate surface area is 109 Å². The standard InChI is InChI=1S/C14H24N2O2/c1-2-12-9-16(7-8-18-12)14(17)15-13(10-3-4-10)11-5-6-11/h10-13H,2-9H2,1H3,(H,15,17). The molecular weight excluding hydrogens is 228 g/mol. The fraction of sp³-hybridized carbons (Fsp3) is 0.929. The summed E-state index contributed by atoms with van der Waals surface area (Å²) in [6.07, 6.45) is 6.44. The summed E-state index contributed by atoms with van der Waals surface area (Å²) in [6.45, 7) is 4.29. The van der Waals surface area contributed by atoms with Gasteiger partial charge < -0.3 is 15.0 Å². The molecule has 18 heavy (non-hydrogen) atoms. The number of urea groups is 1. The highest BCUT2D eigenvalue weighted by Crippen LogP contribution is 2.44. The van der Waals surface area contributed by atoms with Crippen molar-refractivity contribution in [2.75, 3.05) is 19.7 Å². The van der Waals surface area contributed by atoms with Gasteiger partial charge in [-0.25, -0.2) is 4.79 Å². The molecule has 1 aliphatic heterocycles. The van der Waals surface area contributed by atoms with Gasteiger partial charge in [-0.15, -0.1) is 0 Å². The third kappa shape index (κ3) is 2.79. The molecule has 3 fully saturated rings. The van der Waals surface area contributed by atoms with Gasteiger partial charge in [-0.3, -0.25) is 0 Å². The quantitative estimate of drug-likeness (QED) is 0.831. The molecule has 3 rings (SSSR count). The van der Waals surface area contributed by atoms with Crippen LogP contribution in [0.5, 0.6) is 0 Å². The molecule has 4 nitrogen and oxygen atoms in total. The van der Waals surface area contributed by atoms with Gasteiger partial charge in [0.1, 0.15) is 0 Å². The van der Waals surface area contributed by atoms with E-state index >= 15 is 0 Å². The van der Waals surface area contributed by atoms with Gasteiger partial charge >= 0.3 is 6.03 Å². The Balaban J connectivity index is 1.53. The lowest BCUT2D eigenvalue weighted by Gasteiger charge is -2.33. The third-order valence-corrected chi connectivity index (χ3v) is 4.43. The minimum atomic E-state index is 0.139. The van der Waals surface area contributed by atoms with Crippen molar-refractivity contribution in [3.8, 4) is 0 Å². The Morgan fingerprint density at radius 1 is 1.33 bits per heavy atom. The van der Waals surface area contributed by atoms with Gasteiger partial charge in [0.25, 0.3) is 0 Å². The summed E-state index contributed by atoms with van der Waals surface area (Å²) in [4.78, 5) is 14.2. The van der Waals surface area contributed by atoms with Crippen molar-refractivity contribution in [2.24, 2.45) is 11.8 Å². The lowest BCUT2D eigenvalue weighted by molar-refractivity contribution is -0.0158. The largest absolute Gasteiger partial charge is 0.375 e. The molecule has 2 aliphatic carbocycles. The van der Waals surface area contributed by atoms with E-state index in [0.717, 1.165) is 31.3 Å². The highest BCUT2D eigenvalue weighted by atomic mass is 16.5. The highest BCUT2D eigenvalue weighted by molar-refractivity contribution is 5.74. The first-order valence-electron chi connectivity index (χ1n) is 7.45. The lowest BCUT2D eigenvalue weighted by atomic mass is 10.1. The number of rotatable bonds is 4. The zero-order valence-electron chi connectivity index (χ0n) is 11.2. The molecule has 1 heterocycles. The Hall–Kier alpha value is -0.770. The number of hydrogen-bond donors (Lipinski definition) is 1. The first kappa shape index (κ1) is 12.3. The van der Waals surface area contributed by atoms with Gasteiger partial charge in [-0.05, 0) is 43.9 Å². The molecule has 2 saturated carbocycles. The molecule has 1 unspecified atom stereocenters. The summed E-state index contributed by atoms with van der Waals surface area (Å²) >= 11 is 0. The van der Waals surface area contributed by atoms with Gasteiger partial charge in [0.15, 0.2) is 0 Å². The maximum atomic E-state index is 12.3. The van der Waals surface area contributed by atoms with Gasteiger partial charge in [-0.2, -0.15) is 0 Å².